The third kappa shape index (κ3) is 5.08. The molecule has 3 atom stereocenters. The Kier molecular flexibility index (Phi) is 6.95. The fraction of sp³-hybridized carbons (Fsp3) is 0.250. The van der Waals surface area contributed by atoms with Crippen LogP contribution in [0.3, 0.4) is 0 Å². The smallest absolute Gasteiger partial charge is 0.351 e. The van der Waals surface area contributed by atoms with Crippen molar-refractivity contribution in [2.45, 2.75) is 31.3 Å². The lowest BCUT2D eigenvalue weighted by Crippen LogP contribution is -2.48. The number of carbonyl (C=O) groups is 2. The van der Waals surface area contributed by atoms with Crippen molar-refractivity contribution < 1.29 is 24.2 Å². The second-order valence-electron chi connectivity index (χ2n) is 8.15. The average Bonchev–Trinajstić information content (AvgIpc) is 3.17. The van der Waals surface area contributed by atoms with Gasteiger partial charge in [-0.05, 0) is 55.5 Å². The Morgan fingerprint density at radius 1 is 1.14 bits per heavy atom. The van der Waals surface area contributed by atoms with Gasteiger partial charge in [0.05, 0.1) is 5.56 Å². The summed E-state index contributed by atoms with van der Waals surface area (Å²) in [5.74, 6) is -1.31. The molecule has 0 spiro atoms. The summed E-state index contributed by atoms with van der Waals surface area (Å²) >= 11 is 11.8. The molecule has 0 saturated carbocycles. The molecule has 3 aromatic rings. The highest BCUT2D eigenvalue weighted by molar-refractivity contribution is 6.31. The number of nitrogen functional groups attached to an aromatic ring is 1. The first kappa shape index (κ1) is 24.9. The van der Waals surface area contributed by atoms with Crippen LogP contribution in [0.25, 0.3) is 0 Å². The number of anilines is 1. The van der Waals surface area contributed by atoms with Gasteiger partial charge in [-0.3, -0.25) is 9.36 Å². The SMILES string of the molecule is Cc1cn([C@H]2C[C@@](O)(C(=O)c3ccc(Cl)cc3)[C@@H](COC(=O)c3ccc(Cl)cc3)O2)c(=O)nc1N. The predicted octanol–water partition coefficient (Wildman–Crippen LogP) is 3.20. The van der Waals surface area contributed by atoms with Crippen molar-refractivity contribution in [3.05, 3.63) is 91.9 Å². The minimum atomic E-state index is -2.12. The van der Waals surface area contributed by atoms with Gasteiger partial charge in [0.25, 0.3) is 0 Å². The zero-order chi connectivity index (χ0) is 25.3. The third-order valence-corrected chi connectivity index (χ3v) is 6.27. The van der Waals surface area contributed by atoms with E-state index in [1.165, 1.54) is 54.7 Å². The van der Waals surface area contributed by atoms with Crippen molar-refractivity contribution in [3.8, 4) is 0 Å². The summed E-state index contributed by atoms with van der Waals surface area (Å²) in [4.78, 5) is 42.1. The van der Waals surface area contributed by atoms with E-state index in [1.54, 1.807) is 6.92 Å². The molecule has 0 unspecified atom stereocenters. The number of hydrogen-bond donors (Lipinski definition) is 2. The number of ketones is 1. The van der Waals surface area contributed by atoms with Crippen molar-refractivity contribution in [1.82, 2.24) is 9.55 Å². The molecule has 0 aliphatic carbocycles. The molecule has 11 heteroatoms. The van der Waals surface area contributed by atoms with Gasteiger partial charge < -0.3 is 20.3 Å². The number of ether oxygens (including phenoxy) is 2. The van der Waals surface area contributed by atoms with Crippen LogP contribution in [-0.2, 0) is 9.47 Å². The number of aliphatic hydroxyl groups is 1. The number of hydrogen-bond acceptors (Lipinski definition) is 8. The summed E-state index contributed by atoms with van der Waals surface area (Å²) in [6, 6.07) is 12.0. The summed E-state index contributed by atoms with van der Waals surface area (Å²) < 4.78 is 12.4. The minimum Gasteiger partial charge on any atom is -0.459 e. The molecule has 182 valence electrons. The van der Waals surface area contributed by atoms with Crippen LogP contribution in [-0.4, -0.2) is 44.7 Å². The molecule has 35 heavy (non-hydrogen) atoms. The van der Waals surface area contributed by atoms with Crippen molar-refractivity contribution in [2.75, 3.05) is 12.3 Å². The first-order chi connectivity index (χ1) is 16.6. The maximum Gasteiger partial charge on any atom is 0.351 e. The van der Waals surface area contributed by atoms with Crippen LogP contribution in [0, 0.1) is 6.92 Å². The number of nitrogens with two attached hydrogens (primary N) is 1. The Bertz CT molecular complexity index is 1330. The largest absolute Gasteiger partial charge is 0.459 e. The van der Waals surface area contributed by atoms with E-state index in [9.17, 15) is 19.5 Å². The van der Waals surface area contributed by atoms with Gasteiger partial charge in [0, 0.05) is 33.8 Å². The summed E-state index contributed by atoms with van der Waals surface area (Å²) in [6.45, 7) is 1.20. The molecular weight excluding hydrogens is 497 g/mol. The molecule has 1 aromatic heterocycles. The molecule has 1 saturated heterocycles. The molecular formula is C24H21Cl2N3O6. The van der Waals surface area contributed by atoms with E-state index in [1.807, 2.05) is 0 Å². The van der Waals surface area contributed by atoms with E-state index in [4.69, 9.17) is 38.4 Å². The molecule has 3 N–H and O–H groups in total. The number of Topliss-reactive ketones (excluding diaryl/α,β-unsaturated/α-hetero) is 1. The second-order valence-corrected chi connectivity index (χ2v) is 9.02. The molecule has 0 radical (unpaired) electrons. The molecule has 1 aliphatic rings. The fourth-order valence-corrected chi connectivity index (χ4v) is 4.04. The van der Waals surface area contributed by atoms with Gasteiger partial charge in [-0.2, -0.15) is 4.98 Å². The molecule has 9 nitrogen and oxygen atoms in total. The van der Waals surface area contributed by atoms with Gasteiger partial charge in [-0.25, -0.2) is 9.59 Å². The molecule has 2 heterocycles. The Morgan fingerprint density at radius 3 is 2.31 bits per heavy atom. The Hall–Kier alpha value is -3.24. The van der Waals surface area contributed by atoms with Crippen molar-refractivity contribution >= 4 is 40.8 Å². The number of halogens is 2. The lowest BCUT2D eigenvalue weighted by Gasteiger charge is -2.26. The first-order valence-corrected chi connectivity index (χ1v) is 11.3. The zero-order valence-electron chi connectivity index (χ0n) is 18.5. The van der Waals surface area contributed by atoms with Crippen LogP contribution >= 0.6 is 23.2 Å². The van der Waals surface area contributed by atoms with Crippen LogP contribution < -0.4 is 11.4 Å². The van der Waals surface area contributed by atoms with Crippen LogP contribution in [0.5, 0.6) is 0 Å². The van der Waals surface area contributed by atoms with Crippen LogP contribution in [0.2, 0.25) is 10.0 Å². The first-order valence-electron chi connectivity index (χ1n) is 10.5. The minimum absolute atomic E-state index is 0.0604. The molecule has 0 bridgehead atoms. The number of esters is 1. The van der Waals surface area contributed by atoms with E-state index < -0.39 is 42.0 Å². The van der Waals surface area contributed by atoms with Gasteiger partial charge in [0.2, 0.25) is 0 Å². The summed E-state index contributed by atoms with van der Waals surface area (Å²) in [5, 5.41) is 12.4. The highest BCUT2D eigenvalue weighted by Gasteiger charge is 2.54. The maximum atomic E-state index is 13.4. The topological polar surface area (TPSA) is 134 Å². The van der Waals surface area contributed by atoms with Gasteiger partial charge in [-0.1, -0.05) is 23.2 Å². The van der Waals surface area contributed by atoms with E-state index in [0.29, 0.717) is 15.6 Å². The van der Waals surface area contributed by atoms with Crippen molar-refractivity contribution in [3.63, 3.8) is 0 Å². The number of benzene rings is 2. The van der Waals surface area contributed by atoms with Crippen LogP contribution in [0.15, 0.2) is 59.5 Å². The van der Waals surface area contributed by atoms with Crippen molar-refractivity contribution in [1.29, 1.82) is 0 Å². The van der Waals surface area contributed by atoms with E-state index in [2.05, 4.69) is 4.98 Å². The lowest BCUT2D eigenvalue weighted by atomic mass is 9.86. The molecule has 1 aliphatic heterocycles. The van der Waals surface area contributed by atoms with Crippen molar-refractivity contribution in [2.24, 2.45) is 0 Å². The summed E-state index contributed by atoms with van der Waals surface area (Å²) in [6.07, 6.45) is -1.20. The number of aromatic nitrogens is 2. The maximum absolute atomic E-state index is 13.4. The molecule has 4 rings (SSSR count). The fourth-order valence-electron chi connectivity index (χ4n) is 3.79. The summed E-state index contributed by atoms with van der Waals surface area (Å²) in [7, 11) is 0. The highest BCUT2D eigenvalue weighted by Crippen LogP contribution is 2.39. The van der Waals surface area contributed by atoms with Gasteiger partial charge in [0.1, 0.15) is 24.8 Å². The number of carbonyl (C=O) groups excluding carboxylic acids is 2. The lowest BCUT2D eigenvalue weighted by molar-refractivity contribution is -0.0739. The number of aryl methyl sites for hydroxylation is 1. The second kappa shape index (κ2) is 9.79. The number of nitrogens with zero attached hydrogens (tertiary/aromatic N) is 2. The summed E-state index contributed by atoms with van der Waals surface area (Å²) in [5.41, 5.74) is 3.79. The molecule has 2 aromatic carbocycles. The average molecular weight is 518 g/mol. The van der Waals surface area contributed by atoms with Crippen LogP contribution in [0.4, 0.5) is 5.82 Å². The standard InChI is InChI=1S/C24H21Cl2N3O6/c1-13-11-29(23(32)28-21(13)27)19-10-24(33,20(30)14-2-6-16(25)7-3-14)18(35-19)12-34-22(31)15-4-8-17(26)9-5-15/h2-9,11,18-19,33H,10,12H2,1H3,(H2,27,28,32)/t18-,19-,24+/m1/s1. The van der Waals surface area contributed by atoms with Gasteiger partial charge in [-0.15, -0.1) is 0 Å². The van der Waals surface area contributed by atoms with Gasteiger partial charge in [0.15, 0.2) is 11.4 Å². The molecule has 1 fully saturated rings. The number of rotatable bonds is 6. The normalized spacial score (nSPS) is 21.6. The van der Waals surface area contributed by atoms with E-state index in [0.717, 1.165) is 4.57 Å². The zero-order valence-corrected chi connectivity index (χ0v) is 20.0. The quantitative estimate of drug-likeness (QED) is 0.376. The van der Waals surface area contributed by atoms with E-state index in [-0.39, 0.29) is 23.4 Å². The highest BCUT2D eigenvalue weighted by atomic mass is 35.5. The predicted molar refractivity (Wildman–Crippen MR) is 129 cm³/mol. The van der Waals surface area contributed by atoms with Gasteiger partial charge >= 0.3 is 11.7 Å². The monoisotopic (exact) mass is 517 g/mol. The third-order valence-electron chi connectivity index (χ3n) is 5.77. The van der Waals surface area contributed by atoms with E-state index >= 15 is 0 Å². The Morgan fingerprint density at radius 2 is 1.71 bits per heavy atom. The Balaban J connectivity index is 1.64. The Labute approximate surface area is 210 Å². The van der Waals surface area contributed by atoms with Crippen LogP contribution in [0.1, 0.15) is 38.9 Å². The molecule has 0 amide bonds.